The van der Waals surface area contributed by atoms with Crippen molar-refractivity contribution >= 4 is 23.1 Å². The number of carbonyl (C=O) groups excluding carboxylic acids is 1. The average Bonchev–Trinajstić information content (AvgIpc) is 2.88. The minimum atomic E-state index is -0.573. The number of aromatic nitrogens is 1. The van der Waals surface area contributed by atoms with Crippen molar-refractivity contribution in [3.05, 3.63) is 113 Å². The van der Waals surface area contributed by atoms with Crippen molar-refractivity contribution in [1.29, 1.82) is 5.41 Å². The first kappa shape index (κ1) is 23.7. The first-order valence-electron chi connectivity index (χ1n) is 12.4. The molecule has 5 heteroatoms. The van der Waals surface area contributed by atoms with E-state index in [1.165, 1.54) is 5.56 Å². The maximum atomic E-state index is 13.8. The van der Waals surface area contributed by atoms with Crippen molar-refractivity contribution in [2.75, 3.05) is 4.90 Å². The highest BCUT2D eigenvalue weighted by Gasteiger charge is 2.46. The third kappa shape index (κ3) is 4.15. The molecule has 0 saturated heterocycles. The zero-order valence-corrected chi connectivity index (χ0v) is 21.0. The van der Waals surface area contributed by atoms with Crippen molar-refractivity contribution in [2.45, 2.75) is 46.0 Å². The number of allylic oxidation sites excluding steroid dienone is 2. The van der Waals surface area contributed by atoms with Crippen molar-refractivity contribution in [3.8, 4) is 0 Å². The van der Waals surface area contributed by atoms with Crippen LogP contribution in [0, 0.1) is 10.8 Å². The summed E-state index contributed by atoms with van der Waals surface area (Å²) in [4.78, 5) is 20.0. The first-order valence-corrected chi connectivity index (χ1v) is 12.4. The number of amidine groups is 1. The van der Waals surface area contributed by atoms with Crippen LogP contribution in [0.2, 0.25) is 0 Å². The van der Waals surface area contributed by atoms with Gasteiger partial charge in [-0.3, -0.25) is 20.1 Å². The minimum Gasteiger partial charge on any atom is -0.507 e. The maximum absolute atomic E-state index is 13.8. The van der Waals surface area contributed by atoms with Crippen LogP contribution in [0.3, 0.4) is 0 Å². The standard InChI is InChI=1S/C31H31N3O2/c1-4-20-12-14-23(15-13-20)34-24-17-31(2,3)18-25(35)27(24)26(22-11-8-16-33-19-22)28(30(34)32)29(36)21-9-6-5-7-10-21/h5-16,19,26,32,36H,4,17-18H2,1-3H3/b29-28+,32-30?. The van der Waals surface area contributed by atoms with Crippen LogP contribution in [0.15, 0.2) is 96.0 Å². The van der Waals surface area contributed by atoms with Crippen LogP contribution in [0.4, 0.5) is 5.69 Å². The van der Waals surface area contributed by atoms with E-state index >= 15 is 0 Å². The van der Waals surface area contributed by atoms with Crippen molar-refractivity contribution < 1.29 is 9.90 Å². The van der Waals surface area contributed by atoms with Gasteiger partial charge in [0.15, 0.2) is 5.78 Å². The lowest BCUT2D eigenvalue weighted by Crippen LogP contribution is -2.45. The minimum absolute atomic E-state index is 0.00816. The van der Waals surface area contributed by atoms with Gasteiger partial charge in [-0.1, -0.05) is 69.3 Å². The molecule has 2 N–H and O–H groups in total. The van der Waals surface area contributed by atoms with E-state index in [-0.39, 0.29) is 22.8 Å². The van der Waals surface area contributed by atoms with Gasteiger partial charge >= 0.3 is 0 Å². The Morgan fingerprint density at radius 2 is 1.78 bits per heavy atom. The van der Waals surface area contributed by atoms with Gasteiger partial charge in [0.25, 0.3) is 0 Å². The van der Waals surface area contributed by atoms with Crippen LogP contribution < -0.4 is 4.90 Å². The number of benzene rings is 2. The van der Waals surface area contributed by atoms with Crippen LogP contribution in [-0.2, 0) is 11.2 Å². The van der Waals surface area contributed by atoms with Gasteiger partial charge in [0, 0.05) is 52.8 Å². The topological polar surface area (TPSA) is 77.3 Å². The van der Waals surface area contributed by atoms with Gasteiger partial charge in [-0.15, -0.1) is 0 Å². The molecule has 2 aliphatic rings. The monoisotopic (exact) mass is 477 g/mol. The maximum Gasteiger partial charge on any atom is 0.162 e. The van der Waals surface area contributed by atoms with Gasteiger partial charge in [-0.2, -0.15) is 0 Å². The molecule has 5 rings (SSSR count). The Balaban J connectivity index is 1.83. The number of carbonyl (C=O) groups is 1. The predicted molar refractivity (Wildman–Crippen MR) is 144 cm³/mol. The molecule has 2 aromatic carbocycles. The molecule has 1 aromatic heterocycles. The summed E-state index contributed by atoms with van der Waals surface area (Å²) in [7, 11) is 0. The second kappa shape index (κ2) is 9.23. The first-order chi connectivity index (χ1) is 17.3. The molecular formula is C31H31N3O2. The second-order valence-corrected chi connectivity index (χ2v) is 10.4. The highest BCUT2D eigenvalue weighted by Crippen LogP contribution is 2.51. The molecule has 1 unspecified atom stereocenters. The summed E-state index contributed by atoms with van der Waals surface area (Å²) in [5, 5.41) is 21.1. The lowest BCUT2D eigenvalue weighted by Gasteiger charge is -2.45. The number of anilines is 1. The molecule has 0 amide bonds. The number of ketones is 1. The van der Waals surface area contributed by atoms with Crippen LogP contribution in [-0.4, -0.2) is 21.7 Å². The van der Waals surface area contributed by atoms with E-state index in [1.807, 2.05) is 59.5 Å². The lowest BCUT2D eigenvalue weighted by molar-refractivity contribution is -0.118. The van der Waals surface area contributed by atoms with Gasteiger partial charge in [0.05, 0.1) is 0 Å². The summed E-state index contributed by atoms with van der Waals surface area (Å²) in [6.07, 6.45) is 5.42. The summed E-state index contributed by atoms with van der Waals surface area (Å²) in [5.41, 5.74) is 5.09. The molecule has 0 saturated carbocycles. The highest BCUT2D eigenvalue weighted by molar-refractivity contribution is 6.19. The lowest BCUT2D eigenvalue weighted by atomic mass is 9.67. The van der Waals surface area contributed by atoms with Crippen LogP contribution in [0.1, 0.15) is 56.2 Å². The van der Waals surface area contributed by atoms with E-state index in [0.717, 1.165) is 23.4 Å². The quantitative estimate of drug-likeness (QED) is 0.403. The summed E-state index contributed by atoms with van der Waals surface area (Å²) in [5.74, 6) is -0.333. The van der Waals surface area contributed by atoms with E-state index in [4.69, 9.17) is 0 Å². The number of hydrogen-bond acceptors (Lipinski definition) is 4. The van der Waals surface area contributed by atoms with E-state index in [2.05, 4.69) is 37.9 Å². The van der Waals surface area contributed by atoms with E-state index in [9.17, 15) is 15.3 Å². The number of pyridine rings is 1. The fourth-order valence-corrected chi connectivity index (χ4v) is 5.41. The number of aryl methyl sites for hydroxylation is 1. The van der Waals surface area contributed by atoms with Crippen molar-refractivity contribution in [1.82, 2.24) is 4.98 Å². The fraction of sp³-hybridized carbons (Fsp3) is 0.258. The Labute approximate surface area is 212 Å². The highest BCUT2D eigenvalue weighted by atomic mass is 16.3. The van der Waals surface area contributed by atoms with Gasteiger partial charge in [0.1, 0.15) is 11.6 Å². The average molecular weight is 478 g/mol. The Hall–Kier alpha value is -3.99. The molecule has 1 aliphatic heterocycles. The third-order valence-electron chi connectivity index (χ3n) is 7.15. The molecule has 36 heavy (non-hydrogen) atoms. The number of rotatable bonds is 4. The van der Waals surface area contributed by atoms with E-state index in [1.54, 1.807) is 12.4 Å². The number of aliphatic hydroxyl groups is 1. The van der Waals surface area contributed by atoms with Crippen molar-refractivity contribution in [2.24, 2.45) is 5.41 Å². The largest absolute Gasteiger partial charge is 0.507 e. The van der Waals surface area contributed by atoms with E-state index < -0.39 is 5.92 Å². The number of hydrogen-bond donors (Lipinski definition) is 2. The Kier molecular flexibility index (Phi) is 6.09. The number of nitrogens with one attached hydrogen (secondary N) is 1. The summed E-state index contributed by atoms with van der Waals surface area (Å²) >= 11 is 0. The van der Waals surface area contributed by atoms with Crippen molar-refractivity contribution in [3.63, 3.8) is 0 Å². The predicted octanol–water partition coefficient (Wildman–Crippen LogP) is 6.84. The summed E-state index contributed by atoms with van der Waals surface area (Å²) < 4.78 is 0. The molecule has 5 nitrogen and oxygen atoms in total. The van der Waals surface area contributed by atoms with Crippen LogP contribution >= 0.6 is 0 Å². The molecule has 0 bridgehead atoms. The molecule has 0 spiro atoms. The number of aliphatic hydroxyl groups excluding tert-OH is 1. The molecule has 0 fully saturated rings. The van der Waals surface area contributed by atoms with Gasteiger partial charge in [-0.25, -0.2) is 0 Å². The molecular weight excluding hydrogens is 446 g/mol. The summed E-state index contributed by atoms with van der Waals surface area (Å²) in [6.45, 7) is 6.31. The third-order valence-corrected chi connectivity index (χ3v) is 7.15. The molecule has 3 aromatic rings. The zero-order chi connectivity index (χ0) is 25.4. The van der Waals surface area contributed by atoms with Crippen LogP contribution in [0.5, 0.6) is 0 Å². The Morgan fingerprint density at radius 1 is 1.06 bits per heavy atom. The van der Waals surface area contributed by atoms with E-state index in [0.29, 0.717) is 29.6 Å². The molecule has 182 valence electrons. The Bertz CT molecular complexity index is 1370. The second-order valence-electron chi connectivity index (χ2n) is 10.4. The van der Waals surface area contributed by atoms with Gasteiger partial charge < -0.3 is 5.11 Å². The molecule has 1 atom stereocenters. The SMILES string of the molecule is CCc1ccc(N2C(=N)/C(=C(/O)c3ccccc3)C(c3cccnc3)C3=C2CC(C)(C)CC3=O)cc1. The number of Topliss-reactive ketones (excluding diaryl/α,β-unsaturated/α-hetero) is 1. The Morgan fingerprint density at radius 3 is 2.42 bits per heavy atom. The number of nitrogens with zero attached hydrogens (tertiary/aromatic N) is 2. The summed E-state index contributed by atoms with van der Waals surface area (Å²) in [6, 6.07) is 21.2. The van der Waals surface area contributed by atoms with Crippen LogP contribution in [0.25, 0.3) is 5.76 Å². The smallest absolute Gasteiger partial charge is 0.162 e. The molecule has 0 radical (unpaired) electrons. The normalized spacial score (nSPS) is 20.9. The fourth-order valence-electron chi connectivity index (χ4n) is 5.41. The van der Waals surface area contributed by atoms with Gasteiger partial charge in [-0.05, 0) is 47.6 Å². The zero-order valence-electron chi connectivity index (χ0n) is 21.0. The van der Waals surface area contributed by atoms with Gasteiger partial charge in [0.2, 0.25) is 0 Å². The molecule has 2 heterocycles. The molecule has 1 aliphatic carbocycles.